The maximum Gasteiger partial charge on any atom is 0.255 e. The molecular weight excluding hydrogens is 497 g/mol. The molecule has 0 atom stereocenters. The first-order valence-corrected chi connectivity index (χ1v) is 12.9. The highest BCUT2D eigenvalue weighted by molar-refractivity contribution is 7.19. The fourth-order valence-electron chi connectivity index (χ4n) is 3.80. The molecule has 0 radical (unpaired) electrons. The average molecular weight is 522 g/mol. The number of halogens is 1. The summed E-state index contributed by atoms with van der Waals surface area (Å²) in [4.78, 5) is 18.0. The van der Waals surface area contributed by atoms with Crippen LogP contribution in [-0.4, -0.2) is 24.0 Å². The molecule has 2 heterocycles. The number of amides is 1. The summed E-state index contributed by atoms with van der Waals surface area (Å²) in [5.41, 5.74) is 3.63. The molecule has 0 bridgehead atoms. The number of carbonyl (C=O) groups is 1. The molecule has 5 nitrogen and oxygen atoms in total. The average Bonchev–Trinajstić information content (AvgIpc) is 3.37. The van der Waals surface area contributed by atoms with Crippen LogP contribution in [0.3, 0.4) is 0 Å². The number of fused-ring (bicyclic) bond motifs is 1. The van der Waals surface area contributed by atoms with Gasteiger partial charge >= 0.3 is 0 Å². The molecule has 0 aliphatic carbocycles. The van der Waals surface area contributed by atoms with Crippen molar-refractivity contribution in [2.45, 2.75) is 6.92 Å². The number of nitrogens with one attached hydrogen (secondary N) is 2. The van der Waals surface area contributed by atoms with E-state index in [9.17, 15) is 9.18 Å². The Labute approximate surface area is 224 Å². The van der Waals surface area contributed by atoms with Gasteiger partial charge in [0.15, 0.2) is 11.6 Å². The fraction of sp³-hybridized carbons (Fsp3) is 0.0968. The maximum absolute atomic E-state index is 15.0. The molecule has 5 aromatic rings. The van der Waals surface area contributed by atoms with E-state index < -0.39 is 5.82 Å². The lowest BCUT2D eigenvalue weighted by Gasteiger charge is -2.10. The number of rotatable bonds is 7. The third-order valence-electron chi connectivity index (χ3n) is 5.71. The van der Waals surface area contributed by atoms with Crippen molar-refractivity contribution < 1.29 is 13.9 Å². The summed E-state index contributed by atoms with van der Waals surface area (Å²) in [6, 6.07) is 25.1. The molecule has 2 aromatic heterocycles. The number of hydrogen-bond donors (Lipinski definition) is 2. The number of carbonyl (C=O) groups excluding carboxylic acids is 1. The molecule has 2 N–H and O–H groups in total. The Kier molecular flexibility index (Phi) is 7.74. The first kappa shape index (κ1) is 25.2. The van der Waals surface area contributed by atoms with Crippen LogP contribution in [0.2, 0.25) is 0 Å². The van der Waals surface area contributed by atoms with Crippen molar-refractivity contribution in [2.24, 2.45) is 0 Å². The van der Waals surface area contributed by atoms with Crippen LogP contribution in [0.15, 0.2) is 91.1 Å². The fourth-order valence-corrected chi connectivity index (χ4v) is 4.74. The van der Waals surface area contributed by atoms with Crippen molar-refractivity contribution in [1.82, 2.24) is 10.3 Å². The van der Waals surface area contributed by atoms with E-state index in [0.717, 1.165) is 32.8 Å². The molecule has 5 rings (SSSR count). The first-order chi connectivity index (χ1) is 18.6. The van der Waals surface area contributed by atoms with Gasteiger partial charge in [0, 0.05) is 29.6 Å². The Morgan fingerprint density at radius 3 is 2.53 bits per heavy atom. The molecule has 0 fully saturated rings. The molecule has 0 aliphatic heterocycles. The van der Waals surface area contributed by atoms with E-state index >= 15 is 0 Å². The molecule has 0 spiro atoms. The van der Waals surface area contributed by atoms with E-state index in [2.05, 4.69) is 27.5 Å². The van der Waals surface area contributed by atoms with E-state index in [1.54, 1.807) is 30.5 Å². The Morgan fingerprint density at radius 1 is 0.974 bits per heavy atom. The monoisotopic (exact) mass is 521 g/mol. The largest absolute Gasteiger partial charge is 0.453 e. The zero-order valence-electron chi connectivity index (χ0n) is 20.6. The van der Waals surface area contributed by atoms with E-state index in [4.69, 9.17) is 4.74 Å². The van der Waals surface area contributed by atoms with Crippen LogP contribution >= 0.6 is 11.3 Å². The Balaban J connectivity index is 1.28. The standard InChI is InChI=1S/C31H24FN3O2S/c1-2-33-17-6-9-25-20-27-30(38-25)29(16-18-34-27)37-28-15-14-24(19-26(28)32)35-31(36)23-12-10-22(11-13-23)21-7-4-3-5-8-21/h3-5,7-8,10-16,18-20,33H,2,17H2,1H3,(H,35,36). The summed E-state index contributed by atoms with van der Waals surface area (Å²) in [7, 11) is 0. The van der Waals surface area contributed by atoms with Gasteiger partial charge in [-0.15, -0.1) is 11.3 Å². The van der Waals surface area contributed by atoms with Crippen LogP contribution in [-0.2, 0) is 0 Å². The lowest BCUT2D eigenvalue weighted by atomic mass is 10.0. The lowest BCUT2D eigenvalue weighted by molar-refractivity contribution is 0.102. The van der Waals surface area contributed by atoms with E-state index in [-0.39, 0.29) is 11.7 Å². The second-order valence-corrected chi connectivity index (χ2v) is 9.41. The maximum atomic E-state index is 15.0. The normalized spacial score (nSPS) is 10.6. The molecule has 7 heteroatoms. The summed E-state index contributed by atoms with van der Waals surface area (Å²) < 4.78 is 21.6. The van der Waals surface area contributed by atoms with Crippen LogP contribution in [0.25, 0.3) is 21.3 Å². The van der Waals surface area contributed by atoms with E-state index in [1.165, 1.54) is 23.5 Å². The molecule has 0 aliphatic rings. The zero-order valence-corrected chi connectivity index (χ0v) is 21.4. The third-order valence-corrected chi connectivity index (χ3v) is 6.77. The van der Waals surface area contributed by atoms with Gasteiger partial charge in [-0.1, -0.05) is 61.2 Å². The number of anilines is 1. The minimum absolute atomic E-state index is 0.0518. The number of thiophene rings is 1. The Bertz CT molecular complexity index is 1640. The number of ether oxygens (including phenoxy) is 1. The van der Waals surface area contributed by atoms with Crippen LogP contribution in [0.1, 0.15) is 22.2 Å². The molecule has 188 valence electrons. The van der Waals surface area contributed by atoms with E-state index in [0.29, 0.717) is 23.5 Å². The quantitative estimate of drug-likeness (QED) is 0.177. The minimum Gasteiger partial charge on any atom is -0.453 e. The van der Waals surface area contributed by atoms with Crippen molar-refractivity contribution in [3.63, 3.8) is 0 Å². The highest BCUT2D eigenvalue weighted by atomic mass is 32.1. The Morgan fingerprint density at radius 2 is 1.76 bits per heavy atom. The summed E-state index contributed by atoms with van der Waals surface area (Å²) >= 11 is 1.45. The zero-order chi connectivity index (χ0) is 26.3. The highest BCUT2D eigenvalue weighted by Gasteiger charge is 2.13. The summed E-state index contributed by atoms with van der Waals surface area (Å²) in [6.45, 7) is 3.49. The van der Waals surface area contributed by atoms with Gasteiger partial charge in [-0.3, -0.25) is 9.78 Å². The van der Waals surface area contributed by atoms with Gasteiger partial charge in [-0.2, -0.15) is 0 Å². The van der Waals surface area contributed by atoms with Crippen LogP contribution in [0.4, 0.5) is 10.1 Å². The molecule has 1 amide bonds. The van der Waals surface area contributed by atoms with Crippen molar-refractivity contribution >= 4 is 33.1 Å². The second kappa shape index (κ2) is 11.7. The van der Waals surface area contributed by atoms with Gasteiger partial charge in [0.25, 0.3) is 5.91 Å². The van der Waals surface area contributed by atoms with Crippen molar-refractivity contribution in [3.05, 3.63) is 107 Å². The third kappa shape index (κ3) is 5.89. The Hall–Kier alpha value is -4.51. The van der Waals surface area contributed by atoms with Crippen LogP contribution < -0.4 is 15.4 Å². The van der Waals surface area contributed by atoms with Crippen LogP contribution in [0.5, 0.6) is 11.5 Å². The molecular formula is C31H24FN3O2S. The van der Waals surface area contributed by atoms with Gasteiger partial charge in [0.1, 0.15) is 5.75 Å². The highest BCUT2D eigenvalue weighted by Crippen LogP contribution is 2.36. The number of aromatic nitrogens is 1. The molecule has 0 saturated heterocycles. The smallest absolute Gasteiger partial charge is 0.255 e. The van der Waals surface area contributed by atoms with Crippen molar-refractivity contribution in [1.29, 1.82) is 0 Å². The predicted octanol–water partition coefficient (Wildman–Crippen LogP) is 7.11. The van der Waals surface area contributed by atoms with Gasteiger partial charge in [0.05, 0.1) is 21.6 Å². The van der Waals surface area contributed by atoms with Crippen molar-refractivity contribution in [3.8, 4) is 34.5 Å². The lowest BCUT2D eigenvalue weighted by Crippen LogP contribution is -2.11. The van der Waals surface area contributed by atoms with Crippen LogP contribution in [0, 0.1) is 17.7 Å². The van der Waals surface area contributed by atoms with E-state index in [1.807, 2.05) is 55.5 Å². The van der Waals surface area contributed by atoms with Gasteiger partial charge in [-0.25, -0.2) is 4.39 Å². The number of benzene rings is 3. The molecule has 38 heavy (non-hydrogen) atoms. The minimum atomic E-state index is -0.589. The molecule has 0 unspecified atom stereocenters. The van der Waals surface area contributed by atoms with Gasteiger partial charge in [0.2, 0.25) is 0 Å². The van der Waals surface area contributed by atoms with Crippen molar-refractivity contribution in [2.75, 3.05) is 18.4 Å². The number of hydrogen-bond acceptors (Lipinski definition) is 5. The second-order valence-electron chi connectivity index (χ2n) is 8.36. The number of nitrogens with zero attached hydrogens (tertiary/aromatic N) is 1. The molecule has 3 aromatic carbocycles. The van der Waals surface area contributed by atoms with Gasteiger partial charge < -0.3 is 15.4 Å². The summed E-state index contributed by atoms with van der Waals surface area (Å²) in [6.07, 6.45) is 1.62. The summed E-state index contributed by atoms with van der Waals surface area (Å²) in [5.74, 6) is 5.82. The first-order valence-electron chi connectivity index (χ1n) is 12.1. The van der Waals surface area contributed by atoms with Gasteiger partial charge in [-0.05, 0) is 48.0 Å². The SMILES string of the molecule is CCNCC#Cc1cc2nccc(Oc3ccc(NC(=O)c4ccc(-c5ccccc5)cc4)cc3F)c2s1. The predicted molar refractivity (Wildman–Crippen MR) is 151 cm³/mol. The number of pyridine rings is 1. The summed E-state index contributed by atoms with van der Waals surface area (Å²) in [5, 5.41) is 5.91. The topological polar surface area (TPSA) is 63.3 Å². The molecule has 0 saturated carbocycles.